The van der Waals surface area contributed by atoms with Crippen LogP contribution in [0.15, 0.2) is 0 Å². The minimum absolute atomic E-state index is 0.811. The van der Waals surface area contributed by atoms with Crippen molar-refractivity contribution in [3.05, 3.63) is 0 Å². The molecule has 0 amide bonds. The largest absolute Gasteiger partial charge is 0.314 e. The van der Waals surface area contributed by atoms with E-state index in [1.54, 1.807) is 0 Å². The van der Waals surface area contributed by atoms with Gasteiger partial charge in [-0.05, 0) is 37.6 Å². The van der Waals surface area contributed by atoms with E-state index >= 15 is 0 Å². The van der Waals surface area contributed by atoms with Gasteiger partial charge in [-0.15, -0.1) is 0 Å². The van der Waals surface area contributed by atoms with Crippen LogP contribution < -0.4 is 5.32 Å². The number of nitrogens with one attached hydrogen (secondary N) is 1. The Hall–Kier alpha value is -0.0400. The van der Waals surface area contributed by atoms with E-state index in [-0.39, 0.29) is 0 Å². The molecule has 0 bridgehead atoms. The molecule has 3 unspecified atom stereocenters. The summed E-state index contributed by atoms with van der Waals surface area (Å²) in [6.07, 6.45) is 11.5. The highest BCUT2D eigenvalue weighted by atomic mass is 14.9. The van der Waals surface area contributed by atoms with Crippen LogP contribution in [0.25, 0.3) is 0 Å². The third kappa shape index (κ3) is 5.34. The van der Waals surface area contributed by atoms with Crippen molar-refractivity contribution in [2.75, 3.05) is 6.54 Å². The molecule has 0 aromatic carbocycles. The van der Waals surface area contributed by atoms with Crippen LogP contribution in [-0.2, 0) is 0 Å². The predicted octanol–water partition coefficient (Wildman–Crippen LogP) is 4.37. The van der Waals surface area contributed by atoms with Crippen LogP contribution in [0.3, 0.4) is 0 Å². The molecule has 1 aliphatic carbocycles. The van der Waals surface area contributed by atoms with Gasteiger partial charge in [0.05, 0.1) is 0 Å². The zero-order valence-corrected chi connectivity index (χ0v) is 11.6. The Balaban J connectivity index is 2.33. The summed E-state index contributed by atoms with van der Waals surface area (Å²) >= 11 is 0. The third-order valence-corrected chi connectivity index (χ3v) is 4.04. The van der Waals surface area contributed by atoms with Crippen LogP contribution >= 0.6 is 0 Å². The first-order valence-corrected chi connectivity index (χ1v) is 7.49. The lowest BCUT2D eigenvalue weighted by molar-refractivity contribution is 0.315. The molecule has 0 radical (unpaired) electrons. The Labute approximate surface area is 102 Å². The molecule has 1 saturated carbocycles. The van der Waals surface area contributed by atoms with Crippen molar-refractivity contribution in [3.63, 3.8) is 0 Å². The van der Waals surface area contributed by atoms with Crippen LogP contribution in [0.1, 0.15) is 72.1 Å². The second-order valence-electron chi connectivity index (χ2n) is 5.77. The molecule has 1 N–H and O–H groups in total. The molecule has 96 valence electrons. The van der Waals surface area contributed by atoms with Crippen molar-refractivity contribution >= 4 is 0 Å². The molecule has 1 fully saturated rings. The maximum atomic E-state index is 3.66. The first kappa shape index (κ1) is 14.0. The van der Waals surface area contributed by atoms with E-state index in [0.717, 1.165) is 24.4 Å². The SMILES string of the molecule is CCCC(C)CC1CCCCC(NCC)C1. The number of rotatable bonds is 6. The quantitative estimate of drug-likeness (QED) is 0.662. The van der Waals surface area contributed by atoms with Crippen LogP contribution in [0, 0.1) is 11.8 Å². The second kappa shape index (κ2) is 8.11. The second-order valence-corrected chi connectivity index (χ2v) is 5.77. The molecule has 0 aliphatic heterocycles. The Bertz CT molecular complexity index is 167. The smallest absolute Gasteiger partial charge is 0.00695 e. The van der Waals surface area contributed by atoms with Crippen LogP contribution in [0.4, 0.5) is 0 Å². The van der Waals surface area contributed by atoms with Gasteiger partial charge in [0.15, 0.2) is 0 Å². The summed E-state index contributed by atoms with van der Waals surface area (Å²) in [7, 11) is 0. The van der Waals surface area contributed by atoms with Crippen molar-refractivity contribution in [2.45, 2.75) is 78.2 Å². The summed E-state index contributed by atoms with van der Waals surface area (Å²) in [5.74, 6) is 1.93. The van der Waals surface area contributed by atoms with E-state index in [4.69, 9.17) is 0 Å². The standard InChI is InChI=1S/C15H31N/c1-4-8-13(3)11-14-9-6-7-10-15(12-14)16-5-2/h13-16H,4-12H2,1-3H3. The van der Waals surface area contributed by atoms with Gasteiger partial charge in [0.2, 0.25) is 0 Å². The van der Waals surface area contributed by atoms with Gasteiger partial charge in [0, 0.05) is 6.04 Å². The van der Waals surface area contributed by atoms with Gasteiger partial charge in [-0.3, -0.25) is 0 Å². The van der Waals surface area contributed by atoms with Crippen LogP contribution in [0.2, 0.25) is 0 Å². The van der Waals surface area contributed by atoms with Crippen LogP contribution in [-0.4, -0.2) is 12.6 Å². The molecule has 0 saturated heterocycles. The lowest BCUT2D eigenvalue weighted by atomic mass is 9.87. The molecular weight excluding hydrogens is 194 g/mol. The summed E-state index contributed by atoms with van der Waals surface area (Å²) in [6, 6.07) is 0.811. The Morgan fingerprint density at radius 2 is 1.94 bits per heavy atom. The van der Waals surface area contributed by atoms with Gasteiger partial charge >= 0.3 is 0 Å². The van der Waals surface area contributed by atoms with E-state index in [1.165, 1.54) is 51.4 Å². The van der Waals surface area contributed by atoms with Gasteiger partial charge < -0.3 is 5.32 Å². The lowest BCUT2D eigenvalue weighted by Gasteiger charge is -2.23. The van der Waals surface area contributed by atoms with E-state index < -0.39 is 0 Å². The molecule has 0 spiro atoms. The highest BCUT2D eigenvalue weighted by molar-refractivity contribution is 4.77. The Kier molecular flexibility index (Phi) is 7.11. The molecule has 1 nitrogen and oxygen atoms in total. The lowest BCUT2D eigenvalue weighted by Crippen LogP contribution is -2.30. The first-order chi connectivity index (χ1) is 7.76. The maximum Gasteiger partial charge on any atom is 0.00695 e. The Morgan fingerprint density at radius 3 is 2.62 bits per heavy atom. The minimum Gasteiger partial charge on any atom is -0.314 e. The molecule has 0 heterocycles. The van der Waals surface area contributed by atoms with E-state index in [9.17, 15) is 0 Å². The summed E-state index contributed by atoms with van der Waals surface area (Å²) < 4.78 is 0. The average molecular weight is 225 g/mol. The fraction of sp³-hybridized carbons (Fsp3) is 1.00. The summed E-state index contributed by atoms with van der Waals surface area (Å²) in [5.41, 5.74) is 0. The molecule has 1 rings (SSSR count). The Morgan fingerprint density at radius 1 is 1.19 bits per heavy atom. The predicted molar refractivity (Wildman–Crippen MR) is 72.7 cm³/mol. The molecule has 1 aliphatic rings. The van der Waals surface area contributed by atoms with Crippen molar-refractivity contribution in [1.82, 2.24) is 5.32 Å². The fourth-order valence-electron chi connectivity index (χ4n) is 3.33. The average Bonchev–Trinajstić information content (AvgIpc) is 2.44. The number of hydrogen-bond donors (Lipinski definition) is 1. The monoisotopic (exact) mass is 225 g/mol. The highest BCUT2D eigenvalue weighted by Gasteiger charge is 2.20. The van der Waals surface area contributed by atoms with Crippen LogP contribution in [0.5, 0.6) is 0 Å². The maximum absolute atomic E-state index is 3.66. The normalized spacial score (nSPS) is 28.7. The topological polar surface area (TPSA) is 12.0 Å². The molecule has 16 heavy (non-hydrogen) atoms. The fourth-order valence-corrected chi connectivity index (χ4v) is 3.33. The van der Waals surface area contributed by atoms with Gasteiger partial charge in [-0.2, -0.15) is 0 Å². The molecule has 0 aromatic rings. The van der Waals surface area contributed by atoms with Crippen molar-refractivity contribution in [1.29, 1.82) is 0 Å². The molecular formula is C15H31N. The summed E-state index contributed by atoms with van der Waals surface area (Å²) in [6.45, 7) is 8.13. The van der Waals surface area contributed by atoms with Crippen molar-refractivity contribution in [2.24, 2.45) is 11.8 Å². The highest BCUT2D eigenvalue weighted by Crippen LogP contribution is 2.29. The number of hydrogen-bond acceptors (Lipinski definition) is 1. The van der Waals surface area contributed by atoms with Crippen molar-refractivity contribution < 1.29 is 0 Å². The van der Waals surface area contributed by atoms with Gasteiger partial charge in [0.1, 0.15) is 0 Å². The van der Waals surface area contributed by atoms with E-state index in [1.807, 2.05) is 0 Å². The van der Waals surface area contributed by atoms with Gasteiger partial charge in [-0.25, -0.2) is 0 Å². The van der Waals surface area contributed by atoms with E-state index in [0.29, 0.717) is 0 Å². The van der Waals surface area contributed by atoms with Gasteiger partial charge in [-0.1, -0.05) is 52.9 Å². The summed E-state index contributed by atoms with van der Waals surface area (Å²) in [4.78, 5) is 0. The van der Waals surface area contributed by atoms with Gasteiger partial charge in [0.25, 0.3) is 0 Å². The molecule has 1 heteroatoms. The van der Waals surface area contributed by atoms with Crippen molar-refractivity contribution in [3.8, 4) is 0 Å². The zero-order valence-electron chi connectivity index (χ0n) is 11.6. The minimum atomic E-state index is 0.811. The zero-order chi connectivity index (χ0) is 11.8. The van der Waals surface area contributed by atoms with E-state index in [2.05, 4.69) is 26.1 Å². The summed E-state index contributed by atoms with van der Waals surface area (Å²) in [5, 5.41) is 3.66. The third-order valence-electron chi connectivity index (χ3n) is 4.04. The molecule has 3 atom stereocenters. The first-order valence-electron chi connectivity index (χ1n) is 7.49. The molecule has 0 aromatic heterocycles.